The molecule has 0 saturated heterocycles. The quantitative estimate of drug-likeness (QED) is 0.798. The Bertz CT molecular complexity index is 534. The summed E-state index contributed by atoms with van der Waals surface area (Å²) < 4.78 is 6.72. The van der Waals surface area contributed by atoms with Crippen molar-refractivity contribution in [3.8, 4) is 0 Å². The first kappa shape index (κ1) is 11.6. The molecule has 90 valence electrons. The lowest BCUT2D eigenvalue weighted by atomic mass is 10.3. The Morgan fingerprint density at radius 3 is 3.00 bits per heavy atom. The van der Waals surface area contributed by atoms with Gasteiger partial charge in [-0.25, -0.2) is 9.78 Å². The highest BCUT2D eigenvalue weighted by molar-refractivity contribution is 5.87. The lowest BCUT2D eigenvalue weighted by Crippen LogP contribution is -1.97. The summed E-state index contributed by atoms with van der Waals surface area (Å²) >= 11 is 0. The summed E-state index contributed by atoms with van der Waals surface area (Å²) in [6.45, 7) is 0.703. The second kappa shape index (κ2) is 4.97. The predicted molar refractivity (Wildman–Crippen MR) is 62.3 cm³/mol. The number of pyridine rings is 1. The minimum Gasteiger partial charge on any atom is -0.478 e. The van der Waals surface area contributed by atoms with E-state index in [9.17, 15) is 4.79 Å². The molecular weight excluding hydrogens is 220 g/mol. The van der Waals surface area contributed by atoms with Crippen LogP contribution >= 0.6 is 0 Å². The maximum Gasteiger partial charge on any atom is 0.337 e. The van der Waals surface area contributed by atoms with Gasteiger partial charge in [-0.05, 0) is 25.0 Å². The van der Waals surface area contributed by atoms with Crippen molar-refractivity contribution in [2.24, 2.45) is 0 Å². The zero-order chi connectivity index (χ0) is 12.3. The van der Waals surface area contributed by atoms with E-state index in [1.165, 1.54) is 0 Å². The highest BCUT2D eigenvalue weighted by Crippen LogP contribution is 2.09. The molecule has 0 spiro atoms. The molecule has 0 aliphatic rings. The summed E-state index contributed by atoms with van der Waals surface area (Å²) in [5, 5.41) is 8.87. The molecule has 0 aliphatic heterocycles. The maximum absolute atomic E-state index is 10.8. The Kier molecular flexibility index (Phi) is 3.39. The highest BCUT2D eigenvalue weighted by Gasteiger charge is 2.06. The number of aryl methyl sites for hydroxylation is 1. The zero-order valence-electron chi connectivity index (χ0n) is 9.59. The van der Waals surface area contributed by atoms with Gasteiger partial charge in [0.2, 0.25) is 0 Å². The van der Waals surface area contributed by atoms with E-state index < -0.39 is 5.97 Å². The lowest BCUT2D eigenvalue weighted by Gasteiger charge is -1.95. The van der Waals surface area contributed by atoms with Crippen LogP contribution in [-0.2, 0) is 11.2 Å². The largest absolute Gasteiger partial charge is 0.478 e. The zero-order valence-corrected chi connectivity index (χ0v) is 9.59. The smallest absolute Gasteiger partial charge is 0.337 e. The SMILES string of the molecule is COCCCc1cn2cc(C(=O)O)ccc2n1. The molecular formula is C12H14N2O3. The predicted octanol–water partition coefficient (Wildman–Crippen LogP) is 1.61. The van der Waals surface area contributed by atoms with Crippen LogP contribution in [0.25, 0.3) is 5.65 Å². The fourth-order valence-electron chi connectivity index (χ4n) is 1.69. The van der Waals surface area contributed by atoms with Gasteiger partial charge in [0.15, 0.2) is 0 Å². The van der Waals surface area contributed by atoms with E-state index in [0.717, 1.165) is 24.2 Å². The van der Waals surface area contributed by atoms with Gasteiger partial charge in [-0.1, -0.05) is 0 Å². The molecule has 0 bridgehead atoms. The van der Waals surface area contributed by atoms with Gasteiger partial charge in [-0.15, -0.1) is 0 Å². The van der Waals surface area contributed by atoms with Crippen LogP contribution in [0, 0.1) is 0 Å². The fourth-order valence-corrected chi connectivity index (χ4v) is 1.69. The van der Waals surface area contributed by atoms with Crippen LogP contribution in [0.4, 0.5) is 0 Å². The molecule has 17 heavy (non-hydrogen) atoms. The van der Waals surface area contributed by atoms with Crippen molar-refractivity contribution >= 4 is 11.6 Å². The number of aromatic carboxylic acids is 1. The number of aromatic nitrogens is 2. The van der Waals surface area contributed by atoms with Gasteiger partial charge in [0.25, 0.3) is 0 Å². The Hall–Kier alpha value is -1.88. The van der Waals surface area contributed by atoms with E-state index in [2.05, 4.69) is 4.98 Å². The first-order valence-electron chi connectivity index (χ1n) is 5.40. The number of carboxylic acids is 1. The van der Waals surface area contributed by atoms with Crippen molar-refractivity contribution in [3.63, 3.8) is 0 Å². The number of hydrogen-bond acceptors (Lipinski definition) is 3. The molecule has 5 nitrogen and oxygen atoms in total. The molecule has 5 heteroatoms. The molecule has 0 amide bonds. The second-order valence-corrected chi connectivity index (χ2v) is 3.82. The summed E-state index contributed by atoms with van der Waals surface area (Å²) in [5.74, 6) is -0.929. The van der Waals surface area contributed by atoms with Gasteiger partial charge in [0.05, 0.1) is 11.3 Å². The van der Waals surface area contributed by atoms with E-state index in [0.29, 0.717) is 6.61 Å². The third kappa shape index (κ3) is 2.62. The molecule has 0 aromatic carbocycles. The molecule has 2 heterocycles. The maximum atomic E-state index is 10.8. The number of nitrogens with zero attached hydrogens (tertiary/aromatic N) is 2. The summed E-state index contributed by atoms with van der Waals surface area (Å²) in [4.78, 5) is 15.2. The monoisotopic (exact) mass is 234 g/mol. The van der Waals surface area contributed by atoms with Crippen molar-refractivity contribution in [1.82, 2.24) is 9.38 Å². The third-order valence-corrected chi connectivity index (χ3v) is 2.53. The molecule has 0 unspecified atom stereocenters. The van der Waals surface area contributed by atoms with Gasteiger partial charge in [-0.3, -0.25) is 0 Å². The fraction of sp³-hybridized carbons (Fsp3) is 0.333. The number of fused-ring (bicyclic) bond motifs is 1. The normalized spacial score (nSPS) is 10.9. The van der Waals surface area contributed by atoms with E-state index in [1.807, 2.05) is 6.20 Å². The molecule has 0 fully saturated rings. The Balaban J connectivity index is 2.21. The standard InChI is InChI=1S/C12H14N2O3/c1-17-6-2-3-10-8-14-7-9(12(15)16)4-5-11(14)13-10/h4-5,7-8H,2-3,6H2,1H3,(H,15,16). The highest BCUT2D eigenvalue weighted by atomic mass is 16.5. The molecule has 0 radical (unpaired) electrons. The number of carboxylic acid groups (broad SMARTS) is 1. The average molecular weight is 234 g/mol. The van der Waals surface area contributed by atoms with E-state index in [1.54, 1.807) is 29.8 Å². The third-order valence-electron chi connectivity index (χ3n) is 2.53. The lowest BCUT2D eigenvalue weighted by molar-refractivity contribution is 0.0696. The summed E-state index contributed by atoms with van der Waals surface area (Å²) in [7, 11) is 1.67. The van der Waals surface area contributed by atoms with Crippen molar-refractivity contribution in [2.45, 2.75) is 12.8 Å². The number of carbonyl (C=O) groups is 1. The first-order valence-corrected chi connectivity index (χ1v) is 5.40. The average Bonchev–Trinajstić information content (AvgIpc) is 2.70. The number of imidazole rings is 1. The minimum atomic E-state index is -0.929. The number of methoxy groups -OCH3 is 1. The van der Waals surface area contributed by atoms with Crippen LogP contribution in [-0.4, -0.2) is 34.2 Å². The Labute approximate surface area is 98.7 Å². The molecule has 2 rings (SSSR count). The van der Waals surface area contributed by atoms with E-state index in [-0.39, 0.29) is 5.56 Å². The van der Waals surface area contributed by atoms with E-state index >= 15 is 0 Å². The van der Waals surface area contributed by atoms with Gasteiger partial charge < -0.3 is 14.2 Å². The number of ether oxygens (including phenoxy) is 1. The second-order valence-electron chi connectivity index (χ2n) is 3.82. The van der Waals surface area contributed by atoms with Crippen LogP contribution in [0.1, 0.15) is 22.5 Å². The van der Waals surface area contributed by atoms with Crippen LogP contribution < -0.4 is 0 Å². The van der Waals surface area contributed by atoms with Crippen molar-refractivity contribution in [2.75, 3.05) is 13.7 Å². The molecule has 2 aromatic rings. The van der Waals surface area contributed by atoms with Gasteiger partial charge >= 0.3 is 5.97 Å². The molecule has 0 aliphatic carbocycles. The van der Waals surface area contributed by atoms with Crippen molar-refractivity contribution in [1.29, 1.82) is 0 Å². The Morgan fingerprint density at radius 1 is 1.47 bits per heavy atom. The minimum absolute atomic E-state index is 0.262. The summed E-state index contributed by atoms with van der Waals surface area (Å²) in [5.41, 5.74) is 1.98. The van der Waals surface area contributed by atoms with Crippen molar-refractivity contribution in [3.05, 3.63) is 35.8 Å². The number of rotatable bonds is 5. The van der Waals surface area contributed by atoms with Crippen molar-refractivity contribution < 1.29 is 14.6 Å². The van der Waals surface area contributed by atoms with Gasteiger partial charge in [-0.2, -0.15) is 0 Å². The number of hydrogen-bond donors (Lipinski definition) is 1. The van der Waals surface area contributed by atoms with Gasteiger partial charge in [0, 0.05) is 26.1 Å². The van der Waals surface area contributed by atoms with Crippen LogP contribution in [0.2, 0.25) is 0 Å². The first-order chi connectivity index (χ1) is 8.20. The molecule has 0 atom stereocenters. The topological polar surface area (TPSA) is 63.8 Å². The summed E-state index contributed by atoms with van der Waals surface area (Å²) in [6.07, 6.45) is 5.17. The van der Waals surface area contributed by atoms with Gasteiger partial charge in [0.1, 0.15) is 5.65 Å². The van der Waals surface area contributed by atoms with Crippen LogP contribution in [0.5, 0.6) is 0 Å². The van der Waals surface area contributed by atoms with E-state index in [4.69, 9.17) is 9.84 Å². The Morgan fingerprint density at radius 2 is 2.29 bits per heavy atom. The molecule has 2 aromatic heterocycles. The van der Waals surface area contributed by atoms with Crippen LogP contribution in [0.3, 0.4) is 0 Å². The summed E-state index contributed by atoms with van der Waals surface area (Å²) in [6, 6.07) is 3.27. The molecule has 1 N–H and O–H groups in total. The molecule has 0 saturated carbocycles. The van der Waals surface area contributed by atoms with Crippen LogP contribution in [0.15, 0.2) is 24.5 Å².